The van der Waals surface area contributed by atoms with Gasteiger partial charge < -0.3 is 19.7 Å². The zero-order valence-electron chi connectivity index (χ0n) is 22.1. The Hall–Kier alpha value is -4.62. The first-order chi connectivity index (χ1) is 18.8. The van der Waals surface area contributed by atoms with Crippen LogP contribution in [0.1, 0.15) is 57.0 Å². The van der Waals surface area contributed by atoms with Gasteiger partial charge in [0.1, 0.15) is 28.6 Å². The van der Waals surface area contributed by atoms with Crippen LogP contribution in [0.2, 0.25) is 0 Å². The van der Waals surface area contributed by atoms with E-state index in [1.165, 1.54) is 13.2 Å². The Kier molecular flexibility index (Phi) is 5.70. The Morgan fingerprint density at radius 3 is 2.44 bits per heavy atom. The van der Waals surface area contributed by atoms with Crippen molar-refractivity contribution in [2.24, 2.45) is 0 Å². The largest absolute Gasteiger partial charge is 0.507 e. The van der Waals surface area contributed by atoms with Crippen LogP contribution in [-0.4, -0.2) is 32.9 Å². The van der Waals surface area contributed by atoms with Crippen molar-refractivity contribution in [3.63, 3.8) is 0 Å². The standard InChI is InChI=1S/C32H28N2O5/c1-18-28(36)26(23(35)16-15-20-11-7-5-8-12-20)30-27(29(18)38-4)32(3)24(39-30)17-22-25(31(32)37)19(2)33-34(22)21-13-9-6-10-14-21/h5-17,31,36-37H,1-4H3/b16-15+/t31-,32+/m0/s1. The Bertz CT molecular complexity index is 1690. The number of para-hydroxylation sites is 1. The fourth-order valence-electron chi connectivity index (χ4n) is 5.70. The highest BCUT2D eigenvalue weighted by Gasteiger charge is 2.55. The van der Waals surface area contributed by atoms with E-state index in [9.17, 15) is 15.0 Å². The highest BCUT2D eigenvalue weighted by atomic mass is 16.5. The number of rotatable bonds is 5. The molecule has 0 saturated heterocycles. The molecule has 1 aliphatic carbocycles. The number of aliphatic hydroxyl groups excluding tert-OH is 1. The maximum absolute atomic E-state index is 13.5. The quantitative estimate of drug-likeness (QED) is 0.254. The average molecular weight is 521 g/mol. The maximum Gasteiger partial charge on any atom is 0.193 e. The summed E-state index contributed by atoms with van der Waals surface area (Å²) in [4.78, 5) is 13.5. The summed E-state index contributed by atoms with van der Waals surface area (Å²) in [7, 11) is 1.50. The molecular weight excluding hydrogens is 492 g/mol. The fraction of sp³-hybridized carbons (Fsp3) is 0.188. The Morgan fingerprint density at radius 1 is 1.10 bits per heavy atom. The van der Waals surface area contributed by atoms with Crippen molar-refractivity contribution in [2.45, 2.75) is 32.3 Å². The third-order valence-corrected chi connectivity index (χ3v) is 7.77. The number of allylic oxidation sites excluding steroid dienone is 1. The molecule has 2 aliphatic rings. The number of nitrogens with zero attached hydrogens (tertiary/aromatic N) is 2. The van der Waals surface area contributed by atoms with Gasteiger partial charge in [0, 0.05) is 17.2 Å². The van der Waals surface area contributed by atoms with Crippen molar-refractivity contribution in [2.75, 3.05) is 7.11 Å². The summed E-state index contributed by atoms with van der Waals surface area (Å²) in [6.45, 7) is 5.42. The molecule has 0 bridgehead atoms. The number of aromatic nitrogens is 2. The van der Waals surface area contributed by atoms with Crippen LogP contribution in [0.5, 0.6) is 17.2 Å². The minimum atomic E-state index is -1.08. The van der Waals surface area contributed by atoms with E-state index in [2.05, 4.69) is 0 Å². The third kappa shape index (κ3) is 3.54. The van der Waals surface area contributed by atoms with Crippen LogP contribution >= 0.6 is 0 Å². The molecule has 7 heteroatoms. The highest BCUT2D eigenvalue weighted by molar-refractivity contribution is 6.12. The zero-order valence-corrected chi connectivity index (χ0v) is 22.1. The number of ether oxygens (including phenoxy) is 2. The van der Waals surface area contributed by atoms with Crippen molar-refractivity contribution < 1.29 is 24.5 Å². The van der Waals surface area contributed by atoms with Gasteiger partial charge in [0.15, 0.2) is 5.78 Å². The number of aliphatic hydroxyl groups is 1. The Morgan fingerprint density at radius 2 is 1.77 bits per heavy atom. The van der Waals surface area contributed by atoms with Gasteiger partial charge in [0.25, 0.3) is 0 Å². The third-order valence-electron chi connectivity index (χ3n) is 7.77. The van der Waals surface area contributed by atoms with Crippen molar-refractivity contribution in [3.8, 4) is 22.9 Å². The SMILES string of the molecule is COc1c(C)c(O)c(C(=O)/C=C/c2ccccc2)c2c1[C@@]1(C)C(=Cc3c(c(C)nn3-c3ccccc3)[C@@H]1O)O2. The molecule has 3 aromatic carbocycles. The molecule has 0 amide bonds. The second kappa shape index (κ2) is 8.99. The van der Waals surface area contributed by atoms with Crippen LogP contribution in [0.25, 0.3) is 17.8 Å². The second-order valence-electron chi connectivity index (χ2n) is 10.0. The van der Waals surface area contributed by atoms with E-state index in [0.29, 0.717) is 39.6 Å². The normalized spacial score (nSPS) is 19.2. The summed E-state index contributed by atoms with van der Waals surface area (Å²) in [5.74, 6) is 0.369. The fourth-order valence-corrected chi connectivity index (χ4v) is 5.70. The minimum Gasteiger partial charge on any atom is -0.507 e. The molecule has 2 atom stereocenters. The van der Waals surface area contributed by atoms with Gasteiger partial charge in [-0.1, -0.05) is 54.6 Å². The van der Waals surface area contributed by atoms with Crippen molar-refractivity contribution >= 4 is 17.9 Å². The number of carbonyl (C=O) groups excluding carboxylic acids is 1. The summed E-state index contributed by atoms with van der Waals surface area (Å²) in [6, 6.07) is 19.1. The summed E-state index contributed by atoms with van der Waals surface area (Å²) in [6.07, 6.45) is 3.92. The molecule has 2 N–H and O–H groups in total. The lowest BCUT2D eigenvalue weighted by Crippen LogP contribution is -2.34. The van der Waals surface area contributed by atoms with E-state index in [4.69, 9.17) is 14.6 Å². The average Bonchev–Trinajstić information content (AvgIpc) is 3.44. The number of benzene rings is 3. The van der Waals surface area contributed by atoms with Crippen molar-refractivity contribution in [1.29, 1.82) is 0 Å². The number of aryl methyl sites for hydroxylation is 1. The van der Waals surface area contributed by atoms with E-state index >= 15 is 0 Å². The monoisotopic (exact) mass is 520 g/mol. The first kappa shape index (κ1) is 24.7. The zero-order chi connectivity index (χ0) is 27.5. The summed E-state index contributed by atoms with van der Waals surface area (Å²) >= 11 is 0. The first-order valence-corrected chi connectivity index (χ1v) is 12.7. The Labute approximate surface area is 226 Å². The predicted molar refractivity (Wildman–Crippen MR) is 148 cm³/mol. The molecule has 6 rings (SSSR count). The molecule has 0 saturated carbocycles. The molecule has 0 fully saturated rings. The van der Waals surface area contributed by atoms with Crippen LogP contribution in [0.4, 0.5) is 0 Å². The molecule has 4 aromatic rings. The van der Waals surface area contributed by atoms with E-state index in [-0.39, 0.29) is 17.1 Å². The number of aromatic hydroxyl groups is 1. The van der Waals surface area contributed by atoms with E-state index < -0.39 is 17.3 Å². The number of phenols is 1. The van der Waals surface area contributed by atoms with Crippen LogP contribution < -0.4 is 9.47 Å². The lowest BCUT2D eigenvalue weighted by atomic mass is 9.70. The van der Waals surface area contributed by atoms with Crippen LogP contribution in [0, 0.1) is 13.8 Å². The number of hydrogen-bond acceptors (Lipinski definition) is 6. The van der Waals surface area contributed by atoms with Crippen molar-refractivity contribution in [3.05, 3.63) is 112 Å². The van der Waals surface area contributed by atoms with Gasteiger partial charge in [-0.25, -0.2) is 4.68 Å². The van der Waals surface area contributed by atoms with Crippen molar-refractivity contribution in [1.82, 2.24) is 9.78 Å². The molecule has 196 valence electrons. The molecular formula is C32H28N2O5. The van der Waals surface area contributed by atoms with E-state index in [1.807, 2.05) is 80.6 Å². The topological polar surface area (TPSA) is 93.8 Å². The maximum atomic E-state index is 13.5. The molecule has 2 heterocycles. The smallest absolute Gasteiger partial charge is 0.193 e. The molecule has 0 spiro atoms. The number of ketones is 1. The van der Waals surface area contributed by atoms with E-state index in [0.717, 1.165) is 11.3 Å². The lowest BCUT2D eigenvalue weighted by Gasteiger charge is -2.34. The van der Waals surface area contributed by atoms with Gasteiger partial charge in [-0.05, 0) is 44.5 Å². The minimum absolute atomic E-state index is 0.0321. The van der Waals surface area contributed by atoms with E-state index in [1.54, 1.807) is 17.7 Å². The summed E-state index contributed by atoms with van der Waals surface area (Å²) in [5.41, 5.74) is 3.62. The molecule has 1 aliphatic heterocycles. The van der Waals surface area contributed by atoms with Crippen LogP contribution in [0.3, 0.4) is 0 Å². The first-order valence-electron chi connectivity index (χ1n) is 12.7. The molecule has 1 aromatic heterocycles. The number of fused-ring (bicyclic) bond motifs is 4. The predicted octanol–water partition coefficient (Wildman–Crippen LogP) is 5.84. The second-order valence-corrected chi connectivity index (χ2v) is 10.0. The number of carbonyl (C=O) groups is 1. The molecule has 39 heavy (non-hydrogen) atoms. The van der Waals surface area contributed by atoms with Gasteiger partial charge in [-0.2, -0.15) is 5.10 Å². The van der Waals surface area contributed by atoms with Gasteiger partial charge in [0.2, 0.25) is 0 Å². The summed E-state index contributed by atoms with van der Waals surface area (Å²) in [5, 5.41) is 27.9. The van der Waals surface area contributed by atoms with Gasteiger partial charge in [-0.15, -0.1) is 0 Å². The highest BCUT2D eigenvalue weighted by Crippen LogP contribution is 2.62. The lowest BCUT2D eigenvalue weighted by molar-refractivity contribution is 0.0966. The van der Waals surface area contributed by atoms with Gasteiger partial charge in [-0.3, -0.25) is 4.79 Å². The molecule has 7 nitrogen and oxygen atoms in total. The number of phenolic OH excluding ortho intramolecular Hbond substituents is 1. The molecule has 0 unspecified atom stereocenters. The number of methoxy groups -OCH3 is 1. The number of hydrogen-bond donors (Lipinski definition) is 2. The molecule has 0 radical (unpaired) electrons. The van der Waals surface area contributed by atoms with Crippen LogP contribution in [0.15, 0.2) is 72.5 Å². The Balaban J connectivity index is 1.55. The van der Waals surface area contributed by atoms with Crippen LogP contribution in [-0.2, 0) is 5.41 Å². The van der Waals surface area contributed by atoms with Gasteiger partial charge in [0.05, 0.1) is 41.3 Å². The summed E-state index contributed by atoms with van der Waals surface area (Å²) < 4.78 is 13.9. The van der Waals surface area contributed by atoms with Gasteiger partial charge >= 0.3 is 0 Å².